The summed E-state index contributed by atoms with van der Waals surface area (Å²) in [6, 6.07) is 17.6. The van der Waals surface area contributed by atoms with E-state index in [9.17, 15) is 19.2 Å². The molecule has 0 saturated carbocycles. The van der Waals surface area contributed by atoms with Crippen LogP contribution in [0.15, 0.2) is 96.0 Å². The van der Waals surface area contributed by atoms with Crippen LogP contribution in [0.1, 0.15) is 62.2 Å². The number of unbranched alkanes of at least 4 members (excludes halogenated alkanes) is 2. The molecule has 336 valence electrons. The summed E-state index contributed by atoms with van der Waals surface area (Å²) >= 11 is 0. The Balaban J connectivity index is 0.841. The molecule has 0 saturated heterocycles. The predicted octanol–water partition coefficient (Wildman–Crippen LogP) is 8.37. The van der Waals surface area contributed by atoms with Crippen LogP contribution in [0.4, 0.5) is 32.3 Å². The highest BCUT2D eigenvalue weighted by Gasteiger charge is 2.35. The molecule has 8 rings (SSSR count). The van der Waals surface area contributed by atoms with E-state index in [-0.39, 0.29) is 37.1 Å². The predicted molar refractivity (Wildman–Crippen MR) is 245 cm³/mol. The van der Waals surface area contributed by atoms with Crippen LogP contribution in [0, 0.1) is 0 Å². The van der Waals surface area contributed by atoms with Gasteiger partial charge in [-0.3, -0.25) is 30.2 Å². The second kappa shape index (κ2) is 19.8. The minimum absolute atomic E-state index is 0.100. The van der Waals surface area contributed by atoms with Crippen LogP contribution in [0.5, 0.6) is 23.0 Å². The molecule has 16 heteroatoms. The number of benzene rings is 4. The Labute approximate surface area is 376 Å². The number of amides is 4. The highest BCUT2D eigenvalue weighted by Crippen LogP contribution is 2.41. The van der Waals surface area contributed by atoms with Gasteiger partial charge in [-0.2, -0.15) is 0 Å². The molecule has 0 bridgehead atoms. The number of ether oxygens (including phenoxy) is 6. The van der Waals surface area contributed by atoms with E-state index in [0.29, 0.717) is 96.0 Å². The van der Waals surface area contributed by atoms with Gasteiger partial charge >= 0.3 is 12.2 Å². The van der Waals surface area contributed by atoms with Crippen molar-refractivity contribution in [3.05, 3.63) is 119 Å². The normalized spacial score (nSPS) is 16.5. The van der Waals surface area contributed by atoms with E-state index in [1.165, 1.54) is 26.4 Å². The van der Waals surface area contributed by atoms with Crippen molar-refractivity contribution < 1.29 is 47.6 Å². The van der Waals surface area contributed by atoms with E-state index in [4.69, 9.17) is 38.4 Å². The Morgan fingerprint density at radius 2 is 1.08 bits per heavy atom. The lowest BCUT2D eigenvalue weighted by Crippen LogP contribution is -2.44. The molecule has 2 atom stereocenters. The van der Waals surface area contributed by atoms with Gasteiger partial charge in [0.2, 0.25) is 0 Å². The zero-order valence-electron chi connectivity index (χ0n) is 36.3. The summed E-state index contributed by atoms with van der Waals surface area (Å²) in [5.41, 5.74) is 6.95. The molecule has 4 heterocycles. The molecule has 0 fully saturated rings. The van der Waals surface area contributed by atoms with Crippen LogP contribution in [0.25, 0.3) is 0 Å². The van der Waals surface area contributed by atoms with Gasteiger partial charge in [0.25, 0.3) is 11.8 Å². The number of carbonyl (C=O) groups is 4. The maximum absolute atomic E-state index is 14.0. The van der Waals surface area contributed by atoms with E-state index < -0.39 is 12.2 Å². The molecule has 0 spiro atoms. The van der Waals surface area contributed by atoms with Crippen molar-refractivity contribution in [2.24, 2.45) is 9.98 Å². The Kier molecular flexibility index (Phi) is 13.4. The van der Waals surface area contributed by atoms with E-state index in [1.54, 1.807) is 46.5 Å². The van der Waals surface area contributed by atoms with Crippen LogP contribution in [0.2, 0.25) is 0 Å². The third-order valence-electron chi connectivity index (χ3n) is 11.5. The number of nitrogens with zero attached hydrogens (tertiary/aromatic N) is 4. The standard InChI is InChI=1S/C49H50N6O10/c1-5-14-64-48(58)52-34-12-10-30-20-36-26-50-40-24-44(42(60-3)22-38(40)46(56)54(36)28-32(30)18-34)62-16-8-7-9-17-63-45-25-41-39(23-43(45)61-4)47(57)55-29-33-19-35(53-49(59)65-15-6-2)13-11-31(33)21-37(55)27-51-41/h5-6,10-13,18-19,22-27,36-37H,1-2,7-9,14-17,20-21,28-29H2,3-4H3,(H,52,58)(H,53,59)/t36-,37?/m0/s1. The first kappa shape index (κ1) is 44.0. The maximum atomic E-state index is 14.0. The lowest BCUT2D eigenvalue weighted by Gasteiger charge is -2.34. The molecule has 4 aromatic carbocycles. The highest BCUT2D eigenvalue weighted by molar-refractivity contribution is 6.04. The number of hydrogen-bond acceptors (Lipinski definition) is 12. The van der Waals surface area contributed by atoms with Crippen molar-refractivity contribution in [1.29, 1.82) is 0 Å². The summed E-state index contributed by atoms with van der Waals surface area (Å²) in [6.07, 6.45) is 8.82. The molecule has 0 aromatic heterocycles. The number of carbonyl (C=O) groups excluding carboxylic acids is 4. The summed E-state index contributed by atoms with van der Waals surface area (Å²) in [7, 11) is 3.07. The largest absolute Gasteiger partial charge is 0.493 e. The average Bonchev–Trinajstić information content (AvgIpc) is 3.53. The topological polar surface area (TPSA) is 179 Å². The molecule has 1 unspecified atom stereocenters. The molecule has 4 amide bonds. The van der Waals surface area contributed by atoms with Gasteiger partial charge in [0.15, 0.2) is 23.0 Å². The summed E-state index contributed by atoms with van der Waals surface area (Å²) in [6.45, 7) is 8.79. The fraction of sp³-hybridized carbons (Fsp3) is 0.306. The quantitative estimate of drug-likeness (QED) is 0.0821. The van der Waals surface area contributed by atoms with E-state index in [2.05, 4.69) is 23.8 Å². The first-order valence-corrected chi connectivity index (χ1v) is 21.4. The summed E-state index contributed by atoms with van der Waals surface area (Å²) in [5.74, 6) is 1.48. The summed E-state index contributed by atoms with van der Waals surface area (Å²) in [5, 5.41) is 5.45. The molecule has 16 nitrogen and oxygen atoms in total. The van der Waals surface area contributed by atoms with Crippen molar-refractivity contribution >= 4 is 59.2 Å². The first-order valence-electron chi connectivity index (χ1n) is 21.4. The smallest absolute Gasteiger partial charge is 0.411 e. The SMILES string of the molecule is C=CCOC(=O)Nc1ccc2c(c1)CN1C(=O)c3cc(OC)c(OCCCCCOc4cc5c(cc4OC)C(=O)N4Cc6cc(NC(=O)OCC=C)ccc6C[C@H]4C=N5)cc3N=CC1C2. The summed E-state index contributed by atoms with van der Waals surface area (Å²) < 4.78 is 33.8. The van der Waals surface area contributed by atoms with Crippen molar-refractivity contribution in [3.8, 4) is 23.0 Å². The Bertz CT molecular complexity index is 2420. The minimum atomic E-state index is -0.582. The first-order chi connectivity index (χ1) is 31.7. The van der Waals surface area contributed by atoms with Gasteiger partial charge in [-0.25, -0.2) is 9.59 Å². The fourth-order valence-electron chi connectivity index (χ4n) is 8.25. The molecule has 4 aromatic rings. The highest BCUT2D eigenvalue weighted by atomic mass is 16.6. The molecule has 65 heavy (non-hydrogen) atoms. The van der Waals surface area contributed by atoms with Crippen molar-refractivity contribution in [1.82, 2.24) is 9.80 Å². The molecule has 2 N–H and O–H groups in total. The Morgan fingerprint density at radius 1 is 0.631 bits per heavy atom. The van der Waals surface area contributed by atoms with E-state index >= 15 is 0 Å². The van der Waals surface area contributed by atoms with Gasteiger partial charge in [-0.15, -0.1) is 0 Å². The summed E-state index contributed by atoms with van der Waals surface area (Å²) in [4.78, 5) is 65.2. The van der Waals surface area contributed by atoms with Gasteiger partial charge in [-0.1, -0.05) is 37.4 Å². The molecular formula is C49H50N6O10. The second-order valence-electron chi connectivity index (χ2n) is 15.8. The fourth-order valence-corrected chi connectivity index (χ4v) is 8.25. The number of fused-ring (bicyclic) bond motifs is 6. The number of methoxy groups -OCH3 is 2. The van der Waals surface area contributed by atoms with Crippen LogP contribution >= 0.6 is 0 Å². The number of aliphatic imine (C=N–C) groups is 2. The molecule has 0 aliphatic carbocycles. The van der Waals surface area contributed by atoms with Crippen molar-refractivity contribution in [3.63, 3.8) is 0 Å². The van der Waals surface area contributed by atoms with Crippen molar-refractivity contribution in [2.45, 2.75) is 57.3 Å². The monoisotopic (exact) mass is 882 g/mol. The minimum Gasteiger partial charge on any atom is -0.493 e. The van der Waals surface area contributed by atoms with Gasteiger partial charge in [0.05, 0.1) is 62.0 Å². The number of rotatable bonds is 16. The van der Waals surface area contributed by atoms with Gasteiger partial charge < -0.3 is 38.2 Å². The van der Waals surface area contributed by atoms with Crippen LogP contribution in [-0.2, 0) is 35.4 Å². The second-order valence-corrected chi connectivity index (χ2v) is 15.8. The third-order valence-corrected chi connectivity index (χ3v) is 11.5. The number of anilines is 2. The van der Waals surface area contributed by atoms with Crippen LogP contribution in [0.3, 0.4) is 0 Å². The number of nitrogens with one attached hydrogen (secondary N) is 2. The van der Waals surface area contributed by atoms with Crippen molar-refractivity contribution in [2.75, 3.05) is 51.3 Å². The zero-order valence-corrected chi connectivity index (χ0v) is 36.3. The van der Waals surface area contributed by atoms with Gasteiger partial charge in [0.1, 0.15) is 13.2 Å². The maximum Gasteiger partial charge on any atom is 0.411 e. The molecule has 0 radical (unpaired) electrons. The molecular weight excluding hydrogens is 833 g/mol. The zero-order chi connectivity index (χ0) is 45.5. The lowest BCUT2D eigenvalue weighted by atomic mass is 9.93. The average molecular weight is 883 g/mol. The van der Waals surface area contributed by atoms with Crippen LogP contribution < -0.4 is 29.6 Å². The van der Waals surface area contributed by atoms with E-state index in [1.807, 2.05) is 36.4 Å². The Morgan fingerprint density at radius 3 is 1.49 bits per heavy atom. The van der Waals surface area contributed by atoms with E-state index in [0.717, 1.165) is 41.5 Å². The van der Waals surface area contributed by atoms with Gasteiger partial charge in [0, 0.05) is 49.0 Å². The molecule has 4 aliphatic rings. The number of hydrogen-bond donors (Lipinski definition) is 2. The Hall–Kier alpha value is -7.62. The lowest BCUT2D eigenvalue weighted by molar-refractivity contribution is 0.0696. The van der Waals surface area contributed by atoms with Gasteiger partial charge in [-0.05, 0) is 90.8 Å². The molecule has 4 aliphatic heterocycles. The van der Waals surface area contributed by atoms with Crippen LogP contribution in [-0.4, -0.2) is 99.0 Å². The third kappa shape index (κ3) is 9.81.